The van der Waals surface area contributed by atoms with Gasteiger partial charge in [-0.3, -0.25) is 4.57 Å². The first-order valence-corrected chi connectivity index (χ1v) is 10.2. The molecule has 8 heteroatoms. The summed E-state index contributed by atoms with van der Waals surface area (Å²) in [5.41, 5.74) is 3.14. The van der Waals surface area contributed by atoms with Crippen molar-refractivity contribution < 1.29 is 9.53 Å². The lowest BCUT2D eigenvalue weighted by Crippen LogP contribution is -2.20. The summed E-state index contributed by atoms with van der Waals surface area (Å²) in [5.74, 6) is 0.975. The largest absolute Gasteiger partial charge is 0.455 e. The smallest absolute Gasteiger partial charge is 0.327 e. The molecule has 0 saturated carbocycles. The molecule has 0 bridgehead atoms. The molecular formula is C24H25N5O3. The van der Waals surface area contributed by atoms with E-state index in [0.717, 1.165) is 11.3 Å². The average Bonchev–Trinajstić information content (AvgIpc) is 3.03. The number of nitrogens with one attached hydrogen (secondary N) is 3. The van der Waals surface area contributed by atoms with Crippen molar-refractivity contribution in [1.82, 2.24) is 14.5 Å². The van der Waals surface area contributed by atoms with Crippen LogP contribution in [0.2, 0.25) is 0 Å². The number of aromatic nitrogens is 3. The van der Waals surface area contributed by atoms with Crippen molar-refractivity contribution in [1.29, 1.82) is 0 Å². The topological polar surface area (TPSA) is 101 Å². The number of ether oxygens (including phenoxy) is 1. The fraction of sp³-hybridized carbons (Fsp3) is 0.208. The molecule has 3 N–H and O–H groups in total. The highest BCUT2D eigenvalue weighted by molar-refractivity contribution is 5.99. The number of urea groups is 1. The van der Waals surface area contributed by atoms with Crippen LogP contribution < -0.4 is 21.1 Å². The van der Waals surface area contributed by atoms with E-state index in [0.29, 0.717) is 28.4 Å². The van der Waals surface area contributed by atoms with Gasteiger partial charge < -0.3 is 20.4 Å². The molecule has 4 rings (SSSR count). The molecule has 0 aliphatic rings. The minimum atomic E-state index is -0.355. The molecule has 32 heavy (non-hydrogen) atoms. The minimum absolute atomic E-state index is 0.0127. The van der Waals surface area contributed by atoms with Gasteiger partial charge in [0.1, 0.15) is 11.3 Å². The number of hydrogen-bond acceptors (Lipinski definition) is 4. The van der Waals surface area contributed by atoms with E-state index in [2.05, 4.69) is 41.4 Å². The van der Waals surface area contributed by atoms with Crippen molar-refractivity contribution in [3.05, 3.63) is 76.8 Å². The number of aromatic amines is 1. The third-order valence-corrected chi connectivity index (χ3v) is 5.05. The van der Waals surface area contributed by atoms with Crippen LogP contribution in [0, 0.1) is 0 Å². The molecule has 0 aliphatic carbocycles. The van der Waals surface area contributed by atoms with Crippen LogP contribution in [0.5, 0.6) is 11.5 Å². The van der Waals surface area contributed by atoms with Gasteiger partial charge in [-0.05, 0) is 35.2 Å². The molecule has 8 nitrogen and oxygen atoms in total. The van der Waals surface area contributed by atoms with Gasteiger partial charge in [-0.15, -0.1) is 0 Å². The van der Waals surface area contributed by atoms with E-state index in [1.54, 1.807) is 43.6 Å². The Balaban J connectivity index is 1.49. The number of hydrogen-bond donors (Lipinski definition) is 3. The highest BCUT2D eigenvalue weighted by Gasteiger charge is 2.15. The van der Waals surface area contributed by atoms with Gasteiger partial charge in [0.25, 0.3) is 0 Å². The Kier molecular flexibility index (Phi) is 5.44. The summed E-state index contributed by atoms with van der Waals surface area (Å²) in [4.78, 5) is 31.4. The summed E-state index contributed by atoms with van der Waals surface area (Å²) < 4.78 is 7.37. The predicted octanol–water partition coefficient (Wildman–Crippen LogP) is 5.00. The number of benzene rings is 2. The third kappa shape index (κ3) is 4.49. The molecule has 2 aromatic carbocycles. The van der Waals surface area contributed by atoms with Gasteiger partial charge in [0, 0.05) is 36.8 Å². The first-order chi connectivity index (χ1) is 15.2. The Labute approximate surface area is 185 Å². The van der Waals surface area contributed by atoms with E-state index in [4.69, 9.17) is 4.74 Å². The summed E-state index contributed by atoms with van der Waals surface area (Å²) in [6.45, 7) is 6.37. The minimum Gasteiger partial charge on any atom is -0.455 e. The van der Waals surface area contributed by atoms with Crippen LogP contribution in [0.15, 0.2) is 65.6 Å². The Bertz CT molecular complexity index is 1350. The van der Waals surface area contributed by atoms with Crippen molar-refractivity contribution in [2.24, 2.45) is 7.05 Å². The van der Waals surface area contributed by atoms with E-state index in [-0.39, 0.29) is 17.1 Å². The average molecular weight is 431 g/mol. The van der Waals surface area contributed by atoms with Crippen LogP contribution in [0.3, 0.4) is 0 Å². The monoisotopic (exact) mass is 431 g/mol. The number of nitrogens with zero attached hydrogens (tertiary/aromatic N) is 2. The lowest BCUT2D eigenvalue weighted by atomic mass is 9.87. The van der Waals surface area contributed by atoms with Crippen LogP contribution in [-0.4, -0.2) is 20.6 Å². The second-order valence-electron chi connectivity index (χ2n) is 8.54. The number of rotatable bonds is 4. The van der Waals surface area contributed by atoms with E-state index in [1.807, 2.05) is 24.3 Å². The van der Waals surface area contributed by atoms with Gasteiger partial charge in [0.15, 0.2) is 11.4 Å². The summed E-state index contributed by atoms with van der Waals surface area (Å²) in [6.07, 6.45) is 1.58. The molecule has 0 atom stereocenters. The molecule has 2 amide bonds. The second kappa shape index (κ2) is 8.22. The molecule has 0 radical (unpaired) electrons. The second-order valence-corrected chi connectivity index (χ2v) is 8.54. The van der Waals surface area contributed by atoms with Gasteiger partial charge >= 0.3 is 11.7 Å². The lowest BCUT2D eigenvalue weighted by Gasteiger charge is -2.20. The van der Waals surface area contributed by atoms with Crippen molar-refractivity contribution in [2.75, 3.05) is 10.6 Å². The summed E-state index contributed by atoms with van der Waals surface area (Å²) >= 11 is 0. The zero-order chi connectivity index (χ0) is 22.9. The van der Waals surface area contributed by atoms with Crippen LogP contribution in [0.1, 0.15) is 26.3 Å². The van der Waals surface area contributed by atoms with Crippen molar-refractivity contribution in [3.8, 4) is 11.5 Å². The van der Waals surface area contributed by atoms with Crippen LogP contribution >= 0.6 is 0 Å². The van der Waals surface area contributed by atoms with Crippen LogP contribution in [0.4, 0.5) is 16.2 Å². The number of pyridine rings is 1. The van der Waals surface area contributed by atoms with E-state index >= 15 is 0 Å². The normalized spacial score (nSPS) is 11.4. The molecular weight excluding hydrogens is 406 g/mol. The molecule has 0 spiro atoms. The summed E-state index contributed by atoms with van der Waals surface area (Å²) in [5, 5.41) is 5.68. The fourth-order valence-corrected chi connectivity index (χ4v) is 3.30. The van der Waals surface area contributed by atoms with Crippen LogP contribution in [-0.2, 0) is 12.5 Å². The molecule has 2 aromatic heterocycles. The quantitative estimate of drug-likeness (QED) is 0.423. The molecule has 164 valence electrons. The first-order valence-electron chi connectivity index (χ1n) is 10.2. The van der Waals surface area contributed by atoms with Gasteiger partial charge in [0.05, 0.1) is 0 Å². The first kappa shape index (κ1) is 21.2. The molecule has 4 aromatic rings. The zero-order valence-electron chi connectivity index (χ0n) is 18.4. The standard InChI is InChI=1S/C24H25N5O3/c1-24(2,3)15-7-5-8-16(13-15)26-22(30)27-17-9-6-10-18(14-17)32-19-11-12-25-21-20(19)28-23(31)29(21)4/h5-14H,1-4H3,(H,28,31)(H2,26,27,30). The van der Waals surface area contributed by atoms with E-state index < -0.39 is 0 Å². The number of amides is 2. The molecule has 0 fully saturated rings. The number of carbonyl (C=O) groups excluding carboxylic acids is 1. The molecule has 0 unspecified atom stereocenters. The van der Waals surface area contributed by atoms with E-state index in [1.165, 1.54) is 4.57 Å². The highest BCUT2D eigenvalue weighted by Crippen LogP contribution is 2.28. The highest BCUT2D eigenvalue weighted by atomic mass is 16.5. The Morgan fingerprint density at radius 3 is 2.44 bits per heavy atom. The van der Waals surface area contributed by atoms with E-state index in [9.17, 15) is 9.59 Å². The predicted molar refractivity (Wildman–Crippen MR) is 126 cm³/mol. The SMILES string of the molecule is Cn1c(=O)[nH]c2c(Oc3cccc(NC(=O)Nc4cccc(C(C)(C)C)c4)c3)ccnc21. The number of fused-ring (bicyclic) bond motifs is 1. The molecule has 0 saturated heterocycles. The van der Waals surface area contributed by atoms with Gasteiger partial charge in [0.2, 0.25) is 0 Å². The number of carbonyl (C=O) groups is 1. The number of aryl methyl sites for hydroxylation is 1. The van der Waals surface area contributed by atoms with Gasteiger partial charge in [-0.2, -0.15) is 0 Å². The summed E-state index contributed by atoms with van der Waals surface area (Å²) in [6, 6.07) is 16.1. The van der Waals surface area contributed by atoms with Gasteiger partial charge in [-0.1, -0.05) is 39.0 Å². The summed E-state index contributed by atoms with van der Waals surface area (Å²) in [7, 11) is 1.64. The van der Waals surface area contributed by atoms with Crippen molar-refractivity contribution >= 4 is 28.6 Å². The Morgan fingerprint density at radius 1 is 1.03 bits per heavy atom. The maximum Gasteiger partial charge on any atom is 0.327 e. The Hall–Kier alpha value is -4.07. The Morgan fingerprint density at radius 2 is 1.72 bits per heavy atom. The maximum absolute atomic E-state index is 12.5. The van der Waals surface area contributed by atoms with Crippen molar-refractivity contribution in [3.63, 3.8) is 0 Å². The molecule has 0 aliphatic heterocycles. The van der Waals surface area contributed by atoms with Crippen LogP contribution in [0.25, 0.3) is 11.2 Å². The molecule has 2 heterocycles. The fourth-order valence-electron chi connectivity index (χ4n) is 3.30. The van der Waals surface area contributed by atoms with Gasteiger partial charge in [-0.25, -0.2) is 14.6 Å². The van der Waals surface area contributed by atoms with Crippen molar-refractivity contribution in [2.45, 2.75) is 26.2 Å². The maximum atomic E-state index is 12.5. The lowest BCUT2D eigenvalue weighted by molar-refractivity contribution is 0.262. The number of anilines is 2. The zero-order valence-corrected chi connectivity index (χ0v) is 18.4. The number of H-pyrrole nitrogens is 1. The third-order valence-electron chi connectivity index (χ3n) is 5.05. The number of imidazole rings is 1.